The minimum absolute atomic E-state index is 0.281. The van der Waals surface area contributed by atoms with E-state index in [0.29, 0.717) is 17.9 Å². The molecular weight excluding hydrogens is 425 g/mol. The van der Waals surface area contributed by atoms with Gasteiger partial charge in [0, 0.05) is 22.1 Å². The second kappa shape index (κ2) is 7.85. The third-order valence-corrected chi connectivity index (χ3v) is 6.13. The lowest BCUT2D eigenvalue weighted by molar-refractivity contribution is -0.112. The molecule has 3 heterocycles. The summed E-state index contributed by atoms with van der Waals surface area (Å²) in [5.41, 5.74) is 6.77. The van der Waals surface area contributed by atoms with Crippen LogP contribution in [0.4, 0.5) is 4.39 Å². The molecule has 5 aromatic rings. The minimum Gasteiger partial charge on any atom is -0.460 e. The number of aromatic nitrogens is 3. The summed E-state index contributed by atoms with van der Waals surface area (Å²) in [5, 5.41) is 1.97. The second-order valence-electron chi connectivity index (χ2n) is 7.61. The summed E-state index contributed by atoms with van der Waals surface area (Å²) in [4.78, 5) is 9.25. The van der Waals surface area contributed by atoms with Gasteiger partial charge in [-0.25, -0.2) is 14.4 Å². The van der Waals surface area contributed by atoms with Gasteiger partial charge in [0.2, 0.25) is 6.29 Å². The van der Waals surface area contributed by atoms with Gasteiger partial charge in [0.05, 0.1) is 29.7 Å². The molecule has 0 amide bonds. The molecule has 5 nitrogen and oxygen atoms in total. The van der Waals surface area contributed by atoms with E-state index < -0.39 is 6.29 Å². The molecular formula is C25H18FN3O2S. The first-order valence-electron chi connectivity index (χ1n) is 10.2. The fraction of sp³-hybridized carbons (Fsp3) is 0.120. The van der Waals surface area contributed by atoms with Gasteiger partial charge in [-0.1, -0.05) is 42.5 Å². The number of ether oxygens (including phenoxy) is 2. The van der Waals surface area contributed by atoms with Crippen LogP contribution in [-0.2, 0) is 17.9 Å². The van der Waals surface area contributed by atoms with Gasteiger partial charge in [-0.3, -0.25) is 0 Å². The average Bonchev–Trinajstić information content (AvgIpc) is 3.48. The fourth-order valence-electron chi connectivity index (χ4n) is 4.09. The van der Waals surface area contributed by atoms with E-state index in [1.165, 1.54) is 23.5 Å². The van der Waals surface area contributed by atoms with Gasteiger partial charge in [-0.2, -0.15) is 0 Å². The van der Waals surface area contributed by atoms with Crippen molar-refractivity contribution in [1.82, 2.24) is 14.5 Å². The van der Waals surface area contributed by atoms with Crippen LogP contribution in [0.25, 0.3) is 22.6 Å². The predicted molar refractivity (Wildman–Crippen MR) is 121 cm³/mol. The minimum atomic E-state index is -0.537. The second-order valence-corrected chi connectivity index (χ2v) is 8.33. The smallest absolute Gasteiger partial charge is 0.227 e. The Morgan fingerprint density at radius 1 is 1.06 bits per heavy atom. The van der Waals surface area contributed by atoms with Gasteiger partial charge in [-0.05, 0) is 24.3 Å². The lowest BCUT2D eigenvalue weighted by Crippen LogP contribution is -2.20. The van der Waals surface area contributed by atoms with Gasteiger partial charge in [0.15, 0.2) is 5.82 Å². The van der Waals surface area contributed by atoms with Gasteiger partial charge in [-0.15, -0.1) is 11.3 Å². The van der Waals surface area contributed by atoms with E-state index in [0.717, 1.165) is 33.7 Å². The standard InChI is InChI=1S/C25H18FN3O2S/c26-19-10-17(23-18(11-19)13-30-25(31-23)16-6-2-1-3-7-16)12-29-22-9-5-4-8-20(22)28-24(29)21-14-32-15-27-21/h1-11,14-15,25H,12-13H2/t25-/m1/s1. The topological polar surface area (TPSA) is 49.2 Å². The highest BCUT2D eigenvalue weighted by atomic mass is 32.1. The third kappa shape index (κ3) is 3.36. The highest BCUT2D eigenvalue weighted by Gasteiger charge is 2.26. The van der Waals surface area contributed by atoms with Crippen LogP contribution in [0.3, 0.4) is 0 Å². The summed E-state index contributed by atoms with van der Waals surface area (Å²) >= 11 is 1.52. The van der Waals surface area contributed by atoms with Crippen molar-refractivity contribution in [2.75, 3.05) is 0 Å². The van der Waals surface area contributed by atoms with Crippen LogP contribution in [0.1, 0.15) is 23.0 Å². The third-order valence-electron chi connectivity index (χ3n) is 5.54. The Kier molecular flexibility index (Phi) is 4.70. The molecule has 0 spiro atoms. The molecule has 0 N–H and O–H groups in total. The molecule has 0 saturated carbocycles. The zero-order valence-electron chi connectivity index (χ0n) is 16.9. The van der Waals surface area contributed by atoms with E-state index in [9.17, 15) is 4.39 Å². The van der Waals surface area contributed by atoms with Crippen LogP contribution in [0, 0.1) is 5.82 Å². The Hall–Kier alpha value is -3.55. The largest absolute Gasteiger partial charge is 0.460 e. The molecule has 0 aliphatic carbocycles. The number of imidazole rings is 1. The van der Waals surface area contributed by atoms with E-state index in [1.807, 2.05) is 60.0 Å². The SMILES string of the molecule is Fc1cc2c(c(Cn3c(-c4cscn4)nc4ccccc43)c1)O[C@H](c1ccccc1)OC2. The van der Waals surface area contributed by atoms with Gasteiger partial charge >= 0.3 is 0 Å². The Morgan fingerprint density at radius 3 is 2.75 bits per heavy atom. The first-order chi connectivity index (χ1) is 15.8. The van der Waals surface area contributed by atoms with Crippen molar-refractivity contribution in [3.63, 3.8) is 0 Å². The van der Waals surface area contributed by atoms with E-state index in [2.05, 4.69) is 9.55 Å². The van der Waals surface area contributed by atoms with Crippen molar-refractivity contribution in [1.29, 1.82) is 0 Å². The van der Waals surface area contributed by atoms with E-state index in [-0.39, 0.29) is 12.4 Å². The molecule has 1 aliphatic heterocycles. The maximum atomic E-state index is 14.5. The van der Waals surface area contributed by atoms with Crippen molar-refractivity contribution in [2.45, 2.75) is 19.4 Å². The van der Waals surface area contributed by atoms with Gasteiger partial charge < -0.3 is 14.0 Å². The van der Waals surface area contributed by atoms with Crippen molar-refractivity contribution >= 4 is 22.4 Å². The quantitative estimate of drug-likeness (QED) is 0.344. The number of benzene rings is 3. The average molecular weight is 444 g/mol. The van der Waals surface area contributed by atoms with E-state index >= 15 is 0 Å². The zero-order chi connectivity index (χ0) is 21.5. The molecule has 0 saturated heterocycles. The number of para-hydroxylation sites is 2. The van der Waals surface area contributed by atoms with Crippen LogP contribution in [0.15, 0.2) is 77.6 Å². The Balaban J connectivity index is 1.45. The Bertz CT molecular complexity index is 1400. The Morgan fingerprint density at radius 2 is 1.91 bits per heavy atom. The summed E-state index contributed by atoms with van der Waals surface area (Å²) in [6.07, 6.45) is -0.537. The van der Waals surface area contributed by atoms with Crippen molar-refractivity contribution in [2.24, 2.45) is 0 Å². The van der Waals surface area contributed by atoms with Crippen molar-refractivity contribution < 1.29 is 13.9 Å². The molecule has 6 rings (SSSR count). The summed E-state index contributed by atoms with van der Waals surface area (Å²) in [6, 6.07) is 20.7. The molecule has 0 radical (unpaired) electrons. The van der Waals surface area contributed by atoms with Crippen LogP contribution < -0.4 is 4.74 Å². The molecule has 1 aliphatic rings. The maximum absolute atomic E-state index is 14.5. The maximum Gasteiger partial charge on any atom is 0.227 e. The van der Waals surface area contributed by atoms with Crippen LogP contribution in [-0.4, -0.2) is 14.5 Å². The molecule has 7 heteroatoms. The Labute approximate surface area is 187 Å². The number of hydrogen-bond donors (Lipinski definition) is 0. The first kappa shape index (κ1) is 19.2. The van der Waals surface area contributed by atoms with Crippen molar-refractivity contribution in [3.05, 3.63) is 100 Å². The van der Waals surface area contributed by atoms with Crippen molar-refractivity contribution in [3.8, 4) is 17.3 Å². The number of hydrogen-bond acceptors (Lipinski definition) is 5. The molecule has 0 bridgehead atoms. The summed E-state index contributed by atoms with van der Waals surface area (Å²) in [6.45, 7) is 0.679. The van der Waals surface area contributed by atoms with Gasteiger partial charge in [0.1, 0.15) is 17.3 Å². The number of fused-ring (bicyclic) bond motifs is 2. The highest BCUT2D eigenvalue weighted by molar-refractivity contribution is 7.07. The van der Waals surface area contributed by atoms with Crippen LogP contribution in [0.5, 0.6) is 5.75 Å². The van der Waals surface area contributed by atoms with E-state index in [4.69, 9.17) is 14.5 Å². The fourth-order valence-corrected chi connectivity index (χ4v) is 4.62. The first-order valence-corrected chi connectivity index (χ1v) is 11.2. The number of thiazole rings is 1. The molecule has 0 fully saturated rings. The lowest BCUT2D eigenvalue weighted by Gasteiger charge is -2.28. The highest BCUT2D eigenvalue weighted by Crippen LogP contribution is 2.38. The lowest BCUT2D eigenvalue weighted by atomic mass is 10.1. The number of nitrogens with zero attached hydrogens (tertiary/aromatic N) is 3. The summed E-state index contributed by atoms with van der Waals surface area (Å²) in [5.74, 6) is 1.09. The molecule has 0 unspecified atom stereocenters. The van der Waals surface area contributed by atoms with Crippen LogP contribution >= 0.6 is 11.3 Å². The molecule has 3 aromatic carbocycles. The summed E-state index contributed by atoms with van der Waals surface area (Å²) < 4.78 is 28.7. The molecule has 1 atom stereocenters. The molecule has 2 aromatic heterocycles. The summed E-state index contributed by atoms with van der Waals surface area (Å²) in [7, 11) is 0. The molecule has 158 valence electrons. The van der Waals surface area contributed by atoms with E-state index in [1.54, 1.807) is 5.51 Å². The van der Waals surface area contributed by atoms with Crippen LogP contribution in [0.2, 0.25) is 0 Å². The number of rotatable bonds is 4. The zero-order valence-corrected chi connectivity index (χ0v) is 17.8. The van der Waals surface area contributed by atoms with Gasteiger partial charge in [0.25, 0.3) is 0 Å². The predicted octanol–water partition coefficient (Wildman–Crippen LogP) is 5.96. The number of halogens is 1. The normalized spacial score (nSPS) is 15.5. The molecule has 32 heavy (non-hydrogen) atoms. The monoisotopic (exact) mass is 443 g/mol.